The summed E-state index contributed by atoms with van der Waals surface area (Å²) in [4.78, 5) is 33.3. The second-order valence-corrected chi connectivity index (χ2v) is 6.48. The molecule has 1 amide bonds. The fraction of sp³-hybridized carbons (Fsp3) is 0.333. The predicted octanol–water partition coefficient (Wildman–Crippen LogP) is 1.23. The smallest absolute Gasteiger partial charge is 0.277 e. The van der Waals surface area contributed by atoms with Gasteiger partial charge in [-0.15, -0.1) is 0 Å². The fourth-order valence-electron chi connectivity index (χ4n) is 3.10. The molecule has 0 radical (unpaired) electrons. The Kier molecular flexibility index (Phi) is 4.06. The van der Waals surface area contributed by atoms with Crippen molar-refractivity contribution in [3.05, 3.63) is 45.4 Å². The summed E-state index contributed by atoms with van der Waals surface area (Å²) in [6.07, 6.45) is 0.523. The van der Waals surface area contributed by atoms with Crippen molar-refractivity contribution in [1.82, 2.24) is 19.6 Å². The Morgan fingerprint density at radius 2 is 2.19 bits per heavy atom. The molecule has 2 N–H and O–H groups in total. The molecule has 9 nitrogen and oxygen atoms in total. The number of methoxy groups -OCH3 is 1. The molecule has 3 aromatic rings. The van der Waals surface area contributed by atoms with Crippen LogP contribution in [0.2, 0.25) is 0 Å². The van der Waals surface area contributed by atoms with Crippen molar-refractivity contribution >= 4 is 17.6 Å². The van der Waals surface area contributed by atoms with Gasteiger partial charge in [0.1, 0.15) is 6.61 Å². The normalized spacial score (nSPS) is 15.9. The van der Waals surface area contributed by atoms with Crippen molar-refractivity contribution in [2.45, 2.75) is 20.3 Å². The van der Waals surface area contributed by atoms with Crippen LogP contribution in [0.1, 0.15) is 16.8 Å². The molecule has 1 aliphatic heterocycles. The molecule has 3 heterocycles. The van der Waals surface area contributed by atoms with Crippen molar-refractivity contribution in [2.75, 3.05) is 19.0 Å². The van der Waals surface area contributed by atoms with E-state index in [1.165, 1.54) is 4.52 Å². The molecule has 27 heavy (non-hydrogen) atoms. The minimum Gasteiger partial charge on any atom is -0.493 e. The van der Waals surface area contributed by atoms with Crippen LogP contribution >= 0.6 is 0 Å². The maximum absolute atomic E-state index is 12.6. The number of anilines is 1. The van der Waals surface area contributed by atoms with E-state index < -0.39 is 0 Å². The van der Waals surface area contributed by atoms with E-state index in [9.17, 15) is 9.59 Å². The SMILES string of the molecule is COc1cccc2c1OCC(C(=O)Nc1nc3nc(C)c(C)c(=O)n3[nH]1)C2. The standard InChI is InChI=1S/C18H19N5O4/c1-9-10(2)19-18-21-17(22-23(18)16(9)25)20-15(24)12-7-11-5-4-6-13(26-3)14(11)27-8-12/h4-6,12H,7-8H2,1-3H3,(H2,19,20,21,22,24). The van der Waals surface area contributed by atoms with Crippen LogP contribution in [0, 0.1) is 19.8 Å². The number of fused-ring (bicyclic) bond motifs is 2. The number of nitrogens with zero attached hydrogens (tertiary/aromatic N) is 3. The molecule has 1 unspecified atom stereocenters. The lowest BCUT2D eigenvalue weighted by atomic mass is 9.96. The lowest BCUT2D eigenvalue weighted by Crippen LogP contribution is -2.33. The molecule has 1 aromatic carbocycles. The van der Waals surface area contributed by atoms with E-state index in [0.717, 1.165) is 5.56 Å². The lowest BCUT2D eigenvalue weighted by Gasteiger charge is -2.25. The summed E-state index contributed by atoms with van der Waals surface area (Å²) in [5, 5.41) is 5.49. The van der Waals surface area contributed by atoms with Gasteiger partial charge in [0.15, 0.2) is 11.5 Å². The summed E-state index contributed by atoms with van der Waals surface area (Å²) in [5.41, 5.74) is 1.80. The number of aryl methyl sites for hydroxylation is 1. The molecule has 2 aromatic heterocycles. The number of carbonyl (C=O) groups excluding carboxylic acids is 1. The molecular formula is C18H19N5O4. The summed E-state index contributed by atoms with van der Waals surface area (Å²) in [7, 11) is 1.58. The van der Waals surface area contributed by atoms with Crippen LogP contribution in [0.15, 0.2) is 23.0 Å². The van der Waals surface area contributed by atoms with Crippen LogP contribution in [0.3, 0.4) is 0 Å². The van der Waals surface area contributed by atoms with E-state index in [4.69, 9.17) is 9.47 Å². The van der Waals surface area contributed by atoms with Gasteiger partial charge in [-0.3, -0.25) is 20.0 Å². The molecule has 9 heteroatoms. The Labute approximate surface area is 154 Å². The average molecular weight is 369 g/mol. The number of H-pyrrole nitrogens is 1. The van der Waals surface area contributed by atoms with Gasteiger partial charge in [-0.05, 0) is 31.9 Å². The van der Waals surface area contributed by atoms with Gasteiger partial charge < -0.3 is 9.47 Å². The second kappa shape index (κ2) is 6.42. The number of nitrogens with one attached hydrogen (secondary N) is 2. The number of carbonyl (C=O) groups is 1. The van der Waals surface area contributed by atoms with E-state index >= 15 is 0 Å². The van der Waals surface area contributed by atoms with E-state index in [2.05, 4.69) is 20.4 Å². The number of benzene rings is 1. The van der Waals surface area contributed by atoms with Crippen molar-refractivity contribution < 1.29 is 14.3 Å². The Morgan fingerprint density at radius 1 is 1.37 bits per heavy atom. The van der Waals surface area contributed by atoms with Crippen molar-refractivity contribution in [1.29, 1.82) is 0 Å². The third kappa shape index (κ3) is 2.90. The van der Waals surface area contributed by atoms with Gasteiger partial charge in [-0.2, -0.15) is 9.50 Å². The van der Waals surface area contributed by atoms with E-state index in [0.29, 0.717) is 29.2 Å². The van der Waals surface area contributed by atoms with Crippen molar-refractivity contribution in [3.63, 3.8) is 0 Å². The average Bonchev–Trinajstić information content (AvgIpc) is 3.07. The molecule has 0 fully saturated rings. The van der Waals surface area contributed by atoms with E-state index in [1.807, 2.05) is 18.2 Å². The van der Waals surface area contributed by atoms with Gasteiger partial charge >= 0.3 is 0 Å². The van der Waals surface area contributed by atoms with Crippen LogP contribution in [-0.4, -0.2) is 39.2 Å². The zero-order chi connectivity index (χ0) is 19.1. The topological polar surface area (TPSA) is 111 Å². The number of para-hydroxylation sites is 1. The largest absolute Gasteiger partial charge is 0.493 e. The number of aromatic nitrogens is 4. The van der Waals surface area contributed by atoms with Gasteiger partial charge in [0.25, 0.3) is 11.3 Å². The summed E-state index contributed by atoms with van der Waals surface area (Å²) in [6.45, 7) is 3.67. The number of rotatable bonds is 3. The van der Waals surface area contributed by atoms with Crippen LogP contribution in [0.4, 0.5) is 5.95 Å². The Balaban J connectivity index is 1.55. The number of amides is 1. The monoisotopic (exact) mass is 369 g/mol. The van der Waals surface area contributed by atoms with Crippen LogP contribution in [0.25, 0.3) is 5.78 Å². The maximum atomic E-state index is 12.6. The summed E-state index contributed by atoms with van der Waals surface area (Å²) < 4.78 is 12.2. The highest BCUT2D eigenvalue weighted by Crippen LogP contribution is 2.36. The highest BCUT2D eigenvalue weighted by molar-refractivity contribution is 5.91. The van der Waals surface area contributed by atoms with Crippen molar-refractivity contribution in [3.8, 4) is 11.5 Å². The molecule has 0 saturated carbocycles. The molecule has 1 aliphatic rings. The molecule has 140 valence electrons. The first-order chi connectivity index (χ1) is 13.0. The van der Waals surface area contributed by atoms with E-state index in [1.54, 1.807) is 21.0 Å². The number of aromatic amines is 1. The minimum absolute atomic E-state index is 0.172. The molecule has 0 bridgehead atoms. The van der Waals surface area contributed by atoms with Crippen LogP contribution in [-0.2, 0) is 11.2 Å². The first kappa shape index (κ1) is 17.1. The molecular weight excluding hydrogens is 350 g/mol. The Hall–Kier alpha value is -3.36. The fourth-order valence-corrected chi connectivity index (χ4v) is 3.10. The van der Waals surface area contributed by atoms with Gasteiger partial charge in [-0.1, -0.05) is 12.1 Å². The van der Waals surface area contributed by atoms with Gasteiger partial charge in [0, 0.05) is 11.3 Å². The number of hydrogen-bond acceptors (Lipinski definition) is 6. The Bertz CT molecular complexity index is 1100. The lowest BCUT2D eigenvalue weighted by molar-refractivity contribution is -0.121. The van der Waals surface area contributed by atoms with Crippen LogP contribution in [0.5, 0.6) is 11.5 Å². The third-order valence-corrected chi connectivity index (χ3v) is 4.75. The molecule has 0 saturated heterocycles. The molecule has 4 rings (SSSR count). The molecule has 0 spiro atoms. The molecule has 1 atom stereocenters. The third-order valence-electron chi connectivity index (χ3n) is 4.75. The predicted molar refractivity (Wildman–Crippen MR) is 97.4 cm³/mol. The van der Waals surface area contributed by atoms with Gasteiger partial charge in [-0.25, -0.2) is 4.98 Å². The molecule has 0 aliphatic carbocycles. The maximum Gasteiger partial charge on any atom is 0.277 e. The van der Waals surface area contributed by atoms with Gasteiger partial charge in [0.2, 0.25) is 11.9 Å². The zero-order valence-electron chi connectivity index (χ0n) is 15.2. The Morgan fingerprint density at radius 3 is 2.96 bits per heavy atom. The highest BCUT2D eigenvalue weighted by atomic mass is 16.5. The summed E-state index contributed by atoms with van der Waals surface area (Å²) >= 11 is 0. The van der Waals surface area contributed by atoms with Gasteiger partial charge in [0.05, 0.1) is 13.0 Å². The quantitative estimate of drug-likeness (QED) is 0.718. The first-order valence-electron chi connectivity index (χ1n) is 8.53. The minimum atomic E-state index is -0.383. The second-order valence-electron chi connectivity index (χ2n) is 6.48. The summed E-state index contributed by atoms with van der Waals surface area (Å²) in [5.74, 6) is 1.09. The summed E-state index contributed by atoms with van der Waals surface area (Å²) in [6, 6.07) is 5.60. The first-order valence-corrected chi connectivity index (χ1v) is 8.53. The number of hydrogen-bond donors (Lipinski definition) is 2. The van der Waals surface area contributed by atoms with Crippen molar-refractivity contribution in [2.24, 2.45) is 5.92 Å². The van der Waals surface area contributed by atoms with E-state index in [-0.39, 0.29) is 35.7 Å². The number of ether oxygens (including phenoxy) is 2. The van der Waals surface area contributed by atoms with Crippen LogP contribution < -0.4 is 20.3 Å². The zero-order valence-corrected chi connectivity index (χ0v) is 15.2. The highest BCUT2D eigenvalue weighted by Gasteiger charge is 2.28.